The van der Waals surface area contributed by atoms with Gasteiger partial charge in [-0.05, 0) is 43.2 Å². The number of hydrogen-bond donors (Lipinski definition) is 0. The average Bonchev–Trinajstić information content (AvgIpc) is 3.04. The van der Waals surface area contributed by atoms with Gasteiger partial charge in [0, 0.05) is 37.9 Å². The summed E-state index contributed by atoms with van der Waals surface area (Å²) in [6, 6.07) is 12.0. The second kappa shape index (κ2) is 7.19. The molecule has 0 spiro atoms. The van der Waals surface area contributed by atoms with Crippen LogP contribution in [0, 0.1) is 13.8 Å². The molecule has 1 atom stereocenters. The number of benzene rings is 1. The predicted octanol–water partition coefficient (Wildman–Crippen LogP) is 3.26. The first kappa shape index (κ1) is 17.4. The Morgan fingerprint density at radius 3 is 2.64 bits per heavy atom. The molecule has 5 nitrogen and oxygen atoms in total. The number of aromatic nitrogens is 3. The van der Waals surface area contributed by atoms with E-state index >= 15 is 0 Å². The zero-order valence-electron chi connectivity index (χ0n) is 14.9. The molecule has 2 aromatic heterocycles. The van der Waals surface area contributed by atoms with Crippen molar-refractivity contribution in [3.05, 3.63) is 65.6 Å². The molecule has 6 heteroatoms. The highest BCUT2D eigenvalue weighted by molar-refractivity contribution is 7.84. The van der Waals surface area contributed by atoms with Gasteiger partial charge in [0.25, 0.3) is 0 Å². The lowest BCUT2D eigenvalue weighted by molar-refractivity contribution is 0.671. The van der Waals surface area contributed by atoms with Gasteiger partial charge in [-0.15, -0.1) is 0 Å². The molecule has 0 saturated heterocycles. The first-order valence-corrected chi connectivity index (χ1v) is 9.40. The standard InChI is InChI=1S/C19H22N4OS/c1-14-11-15(2)21-18(12-14)23-10-9-20-19(23)25(24)13-16-7-5-6-8-17(16)22(3)4/h5-12H,13H2,1-4H3. The van der Waals surface area contributed by atoms with Crippen LogP contribution < -0.4 is 4.90 Å². The van der Waals surface area contributed by atoms with Gasteiger partial charge in [-0.2, -0.15) is 0 Å². The Morgan fingerprint density at radius 2 is 1.92 bits per heavy atom. The molecule has 130 valence electrons. The van der Waals surface area contributed by atoms with Crippen LogP contribution in [-0.4, -0.2) is 32.8 Å². The average molecular weight is 354 g/mol. The first-order valence-electron chi connectivity index (χ1n) is 8.08. The molecule has 0 aliphatic carbocycles. The largest absolute Gasteiger partial charge is 0.377 e. The highest BCUT2D eigenvalue weighted by Gasteiger charge is 2.16. The lowest BCUT2D eigenvalue weighted by Gasteiger charge is -2.17. The molecular formula is C19H22N4OS. The van der Waals surface area contributed by atoms with Crippen molar-refractivity contribution in [2.24, 2.45) is 0 Å². The van der Waals surface area contributed by atoms with Crippen LogP contribution in [0.25, 0.3) is 5.82 Å². The van der Waals surface area contributed by atoms with Gasteiger partial charge in [0.15, 0.2) is 0 Å². The Morgan fingerprint density at radius 1 is 1.16 bits per heavy atom. The molecule has 0 aliphatic rings. The van der Waals surface area contributed by atoms with Crippen LogP contribution in [0.5, 0.6) is 0 Å². The number of rotatable bonds is 5. The monoisotopic (exact) mass is 354 g/mol. The quantitative estimate of drug-likeness (QED) is 0.706. The number of imidazole rings is 1. The molecule has 3 rings (SSSR count). The number of para-hydroxylation sites is 1. The smallest absolute Gasteiger partial charge is 0.205 e. The second-order valence-electron chi connectivity index (χ2n) is 6.24. The fourth-order valence-electron chi connectivity index (χ4n) is 2.85. The molecule has 0 saturated carbocycles. The van der Waals surface area contributed by atoms with Crippen LogP contribution >= 0.6 is 0 Å². The van der Waals surface area contributed by atoms with Gasteiger partial charge >= 0.3 is 0 Å². The summed E-state index contributed by atoms with van der Waals surface area (Å²) in [5.74, 6) is 1.16. The second-order valence-corrected chi connectivity index (χ2v) is 7.58. The van der Waals surface area contributed by atoms with Gasteiger partial charge in [-0.3, -0.25) is 8.78 Å². The highest BCUT2D eigenvalue weighted by atomic mass is 32.2. The zero-order chi connectivity index (χ0) is 18.0. The van der Waals surface area contributed by atoms with E-state index in [-0.39, 0.29) is 0 Å². The van der Waals surface area contributed by atoms with Gasteiger partial charge in [-0.1, -0.05) is 18.2 Å². The van der Waals surface area contributed by atoms with Crippen LogP contribution in [0.15, 0.2) is 53.9 Å². The van der Waals surface area contributed by atoms with Gasteiger partial charge in [0.1, 0.15) is 5.82 Å². The van der Waals surface area contributed by atoms with Gasteiger partial charge < -0.3 is 4.90 Å². The topological polar surface area (TPSA) is 51.0 Å². The summed E-state index contributed by atoms with van der Waals surface area (Å²) < 4.78 is 14.8. The lowest BCUT2D eigenvalue weighted by atomic mass is 10.2. The van der Waals surface area contributed by atoms with Crippen molar-refractivity contribution in [1.29, 1.82) is 0 Å². The molecule has 1 unspecified atom stereocenters. The maximum Gasteiger partial charge on any atom is 0.205 e. The Labute approximate surface area is 150 Å². The number of anilines is 1. The van der Waals surface area contributed by atoms with E-state index in [1.807, 2.05) is 80.0 Å². The van der Waals surface area contributed by atoms with Crippen LogP contribution in [0.2, 0.25) is 0 Å². The van der Waals surface area contributed by atoms with Crippen LogP contribution in [0.3, 0.4) is 0 Å². The molecule has 1 aromatic carbocycles. The third-order valence-electron chi connectivity index (χ3n) is 3.90. The SMILES string of the molecule is Cc1cc(C)nc(-n2ccnc2S(=O)Cc2ccccc2N(C)C)c1. The first-order chi connectivity index (χ1) is 12.0. The summed E-state index contributed by atoms with van der Waals surface area (Å²) in [4.78, 5) is 10.9. The van der Waals surface area contributed by atoms with Crippen molar-refractivity contribution in [3.8, 4) is 5.82 Å². The predicted molar refractivity (Wildman–Crippen MR) is 102 cm³/mol. The summed E-state index contributed by atoms with van der Waals surface area (Å²) in [7, 11) is 2.71. The van der Waals surface area contributed by atoms with Crippen molar-refractivity contribution >= 4 is 16.5 Å². The van der Waals surface area contributed by atoms with E-state index in [0.29, 0.717) is 10.9 Å². The van der Waals surface area contributed by atoms with Crippen LogP contribution in [0.4, 0.5) is 5.69 Å². The molecule has 25 heavy (non-hydrogen) atoms. The minimum absolute atomic E-state index is 0.413. The Bertz CT molecular complexity index is 897. The van der Waals surface area contributed by atoms with Crippen molar-refractivity contribution in [2.45, 2.75) is 24.8 Å². The Kier molecular flexibility index (Phi) is 4.99. The summed E-state index contributed by atoms with van der Waals surface area (Å²) in [5.41, 5.74) is 4.15. The van der Waals surface area contributed by atoms with Crippen molar-refractivity contribution < 1.29 is 4.21 Å². The number of nitrogens with zero attached hydrogens (tertiary/aromatic N) is 4. The van der Waals surface area contributed by atoms with E-state index in [9.17, 15) is 4.21 Å². The molecule has 0 fully saturated rings. The molecule has 0 aliphatic heterocycles. The van der Waals surface area contributed by atoms with Gasteiger partial charge in [-0.25, -0.2) is 9.97 Å². The molecular weight excluding hydrogens is 332 g/mol. The number of pyridine rings is 1. The number of aryl methyl sites for hydroxylation is 2. The third kappa shape index (κ3) is 3.79. The minimum atomic E-state index is -1.27. The van der Waals surface area contributed by atoms with Crippen molar-refractivity contribution in [2.75, 3.05) is 19.0 Å². The normalized spacial score (nSPS) is 12.2. The maximum atomic E-state index is 13.0. The minimum Gasteiger partial charge on any atom is -0.377 e. The van der Waals surface area contributed by atoms with E-state index in [2.05, 4.69) is 9.97 Å². The lowest BCUT2D eigenvalue weighted by Crippen LogP contribution is -2.13. The Hall–Kier alpha value is -2.47. The molecule has 0 amide bonds. The summed E-state index contributed by atoms with van der Waals surface area (Å²) in [5, 5.41) is 0.519. The summed E-state index contributed by atoms with van der Waals surface area (Å²) in [6.45, 7) is 3.98. The molecule has 3 aromatic rings. The number of hydrogen-bond acceptors (Lipinski definition) is 4. The highest BCUT2D eigenvalue weighted by Crippen LogP contribution is 2.22. The molecule has 0 N–H and O–H groups in total. The summed E-state index contributed by atoms with van der Waals surface area (Å²) >= 11 is 0. The van der Waals surface area contributed by atoms with Crippen LogP contribution in [0.1, 0.15) is 16.8 Å². The molecule has 0 radical (unpaired) electrons. The van der Waals surface area contributed by atoms with E-state index in [0.717, 1.165) is 28.3 Å². The molecule has 2 heterocycles. The maximum absolute atomic E-state index is 13.0. The van der Waals surface area contributed by atoms with Crippen molar-refractivity contribution in [1.82, 2.24) is 14.5 Å². The third-order valence-corrected chi connectivity index (χ3v) is 5.18. The van der Waals surface area contributed by atoms with E-state index < -0.39 is 10.8 Å². The van der Waals surface area contributed by atoms with Gasteiger partial charge in [0.2, 0.25) is 5.16 Å². The van der Waals surface area contributed by atoms with Gasteiger partial charge in [0.05, 0.1) is 16.6 Å². The fraction of sp³-hybridized carbons (Fsp3) is 0.263. The molecule has 0 bridgehead atoms. The van der Waals surface area contributed by atoms with E-state index in [4.69, 9.17) is 0 Å². The van der Waals surface area contributed by atoms with E-state index in [1.165, 1.54) is 0 Å². The van der Waals surface area contributed by atoms with Crippen molar-refractivity contribution in [3.63, 3.8) is 0 Å². The zero-order valence-corrected chi connectivity index (χ0v) is 15.7. The summed E-state index contributed by atoms with van der Waals surface area (Å²) in [6.07, 6.45) is 3.48. The fourth-order valence-corrected chi connectivity index (χ4v) is 4.06. The van der Waals surface area contributed by atoms with Crippen LogP contribution in [-0.2, 0) is 16.6 Å². The van der Waals surface area contributed by atoms with E-state index in [1.54, 1.807) is 6.20 Å². The Balaban J connectivity index is 1.94.